The minimum absolute atomic E-state index is 0.426. The highest BCUT2D eigenvalue weighted by Gasteiger charge is 2.24. The van der Waals surface area contributed by atoms with Gasteiger partial charge in [-0.2, -0.15) is 9.29 Å². The van der Waals surface area contributed by atoms with Crippen LogP contribution in [0, 0.1) is 0 Å². The fourth-order valence-corrected chi connectivity index (χ4v) is 2.95. The summed E-state index contributed by atoms with van der Waals surface area (Å²) in [6, 6.07) is 3.59. The normalized spacial score (nSPS) is 17.2. The fraction of sp³-hybridized carbons (Fsp3) is 0.583. The Hall–Kier alpha value is -1.54. The van der Waals surface area contributed by atoms with Gasteiger partial charge in [0.2, 0.25) is 15.9 Å². The summed E-state index contributed by atoms with van der Waals surface area (Å²) in [5.41, 5.74) is 6.30. The monoisotopic (exact) mass is 300 g/mol. The molecule has 1 aliphatic heterocycles. The number of ether oxygens (including phenoxy) is 1. The van der Waals surface area contributed by atoms with Crippen LogP contribution in [0.4, 0.5) is 11.5 Å². The molecule has 1 aliphatic rings. The molecule has 2 N–H and O–H groups in total. The molecule has 0 aromatic carbocycles. The molecule has 2 heterocycles. The molecule has 112 valence electrons. The molecule has 0 radical (unpaired) electrons. The summed E-state index contributed by atoms with van der Waals surface area (Å²) in [4.78, 5) is 6.42. The molecular weight excluding hydrogens is 280 g/mol. The molecule has 0 atom stereocenters. The third-order valence-corrected chi connectivity index (χ3v) is 4.49. The average molecular weight is 300 g/mol. The van der Waals surface area contributed by atoms with Crippen molar-refractivity contribution in [3.63, 3.8) is 0 Å². The van der Waals surface area contributed by atoms with E-state index in [1.165, 1.54) is 10.6 Å². The Kier molecular flexibility index (Phi) is 4.34. The number of hydrogen-bond donors (Lipinski definition) is 1. The van der Waals surface area contributed by atoms with Crippen molar-refractivity contribution in [3.8, 4) is 5.88 Å². The summed E-state index contributed by atoms with van der Waals surface area (Å²) >= 11 is 0. The van der Waals surface area contributed by atoms with Gasteiger partial charge in [-0.15, -0.1) is 0 Å². The molecule has 0 saturated carbocycles. The van der Waals surface area contributed by atoms with Crippen molar-refractivity contribution in [2.75, 3.05) is 49.7 Å². The number of aromatic nitrogens is 1. The van der Waals surface area contributed by atoms with Crippen molar-refractivity contribution >= 4 is 21.5 Å². The van der Waals surface area contributed by atoms with Gasteiger partial charge in [0.15, 0.2) is 0 Å². The highest BCUT2D eigenvalue weighted by atomic mass is 32.2. The first kappa shape index (κ1) is 14.9. The molecule has 1 fully saturated rings. The predicted molar refractivity (Wildman–Crippen MR) is 78.4 cm³/mol. The Morgan fingerprint density at radius 3 is 2.50 bits per heavy atom. The Labute approximate surface area is 119 Å². The van der Waals surface area contributed by atoms with E-state index in [0.717, 1.165) is 5.82 Å². The van der Waals surface area contributed by atoms with Crippen LogP contribution < -0.4 is 15.4 Å². The van der Waals surface area contributed by atoms with E-state index in [0.29, 0.717) is 44.4 Å². The lowest BCUT2D eigenvalue weighted by Gasteiger charge is -2.34. The van der Waals surface area contributed by atoms with Gasteiger partial charge in [0, 0.05) is 26.2 Å². The van der Waals surface area contributed by atoms with Crippen LogP contribution in [0.25, 0.3) is 0 Å². The van der Waals surface area contributed by atoms with E-state index in [2.05, 4.69) is 4.98 Å². The van der Waals surface area contributed by atoms with E-state index in [1.807, 2.05) is 17.9 Å². The molecule has 0 bridgehead atoms. The second-order valence-corrected chi connectivity index (χ2v) is 6.63. The number of nitrogens with zero attached hydrogens (tertiary/aromatic N) is 3. The molecule has 20 heavy (non-hydrogen) atoms. The van der Waals surface area contributed by atoms with Crippen LogP contribution in [0.5, 0.6) is 5.88 Å². The maximum absolute atomic E-state index is 11.5. The summed E-state index contributed by atoms with van der Waals surface area (Å²) in [6.07, 6.45) is 1.23. The largest absolute Gasteiger partial charge is 0.476 e. The lowest BCUT2D eigenvalue weighted by molar-refractivity contribution is 0.328. The Morgan fingerprint density at radius 2 is 1.95 bits per heavy atom. The van der Waals surface area contributed by atoms with Gasteiger partial charge in [-0.1, -0.05) is 0 Å². The van der Waals surface area contributed by atoms with Gasteiger partial charge in [-0.25, -0.2) is 8.42 Å². The van der Waals surface area contributed by atoms with Gasteiger partial charge in [0.25, 0.3) is 0 Å². The van der Waals surface area contributed by atoms with E-state index in [-0.39, 0.29) is 0 Å². The van der Waals surface area contributed by atoms with Crippen molar-refractivity contribution in [1.82, 2.24) is 9.29 Å². The molecule has 1 saturated heterocycles. The highest BCUT2D eigenvalue weighted by Crippen LogP contribution is 2.24. The average Bonchev–Trinajstić information content (AvgIpc) is 2.41. The molecule has 0 aliphatic carbocycles. The first-order valence-corrected chi connectivity index (χ1v) is 8.36. The number of anilines is 2. The van der Waals surface area contributed by atoms with Crippen LogP contribution in [0.2, 0.25) is 0 Å². The number of pyridine rings is 1. The molecular formula is C12H20N4O3S. The zero-order valence-corrected chi connectivity index (χ0v) is 12.6. The van der Waals surface area contributed by atoms with Crippen molar-refractivity contribution in [1.29, 1.82) is 0 Å². The predicted octanol–water partition coefficient (Wildman–Crippen LogP) is 0.144. The van der Waals surface area contributed by atoms with E-state index in [4.69, 9.17) is 10.5 Å². The summed E-state index contributed by atoms with van der Waals surface area (Å²) < 4.78 is 29.8. The number of piperazine rings is 1. The van der Waals surface area contributed by atoms with E-state index in [9.17, 15) is 8.42 Å². The van der Waals surface area contributed by atoms with E-state index >= 15 is 0 Å². The van der Waals surface area contributed by atoms with Crippen LogP contribution in [0.3, 0.4) is 0 Å². The van der Waals surface area contributed by atoms with Gasteiger partial charge < -0.3 is 15.4 Å². The summed E-state index contributed by atoms with van der Waals surface area (Å²) in [5, 5.41) is 0. The maximum atomic E-state index is 11.5. The molecule has 0 spiro atoms. The third-order valence-electron chi connectivity index (χ3n) is 3.19. The van der Waals surface area contributed by atoms with Crippen LogP contribution in [-0.4, -0.2) is 56.7 Å². The van der Waals surface area contributed by atoms with Crippen LogP contribution in [0.15, 0.2) is 12.1 Å². The minimum Gasteiger partial charge on any atom is -0.476 e. The van der Waals surface area contributed by atoms with Gasteiger partial charge in [0.1, 0.15) is 5.82 Å². The number of nitrogens with two attached hydrogens (primary N) is 1. The Balaban J connectivity index is 2.09. The zero-order valence-electron chi connectivity index (χ0n) is 11.7. The second kappa shape index (κ2) is 5.84. The number of nitrogen functional groups attached to an aromatic ring is 1. The molecule has 0 amide bonds. The molecule has 8 heteroatoms. The quantitative estimate of drug-likeness (QED) is 0.851. The minimum atomic E-state index is -3.11. The molecule has 7 nitrogen and oxygen atoms in total. The first-order valence-electron chi connectivity index (χ1n) is 6.51. The van der Waals surface area contributed by atoms with Crippen molar-refractivity contribution in [2.45, 2.75) is 6.92 Å². The zero-order chi connectivity index (χ0) is 14.8. The fourth-order valence-electron chi connectivity index (χ4n) is 2.12. The second-order valence-electron chi connectivity index (χ2n) is 4.65. The van der Waals surface area contributed by atoms with Gasteiger partial charge in [-0.05, 0) is 19.1 Å². The summed E-state index contributed by atoms with van der Waals surface area (Å²) in [6.45, 7) is 4.52. The smallest absolute Gasteiger partial charge is 0.239 e. The van der Waals surface area contributed by atoms with Crippen molar-refractivity contribution < 1.29 is 13.2 Å². The molecule has 1 aromatic heterocycles. The lowest BCUT2D eigenvalue weighted by Crippen LogP contribution is -2.48. The third kappa shape index (κ3) is 3.31. The highest BCUT2D eigenvalue weighted by molar-refractivity contribution is 7.88. The topological polar surface area (TPSA) is 88.8 Å². The van der Waals surface area contributed by atoms with Gasteiger partial charge >= 0.3 is 0 Å². The molecule has 1 aromatic rings. The number of hydrogen-bond acceptors (Lipinski definition) is 6. The maximum Gasteiger partial charge on any atom is 0.239 e. The van der Waals surface area contributed by atoms with E-state index < -0.39 is 10.0 Å². The number of rotatable bonds is 4. The number of sulfonamides is 1. The Morgan fingerprint density at radius 1 is 1.30 bits per heavy atom. The summed E-state index contributed by atoms with van der Waals surface area (Å²) in [5.74, 6) is 1.19. The lowest BCUT2D eigenvalue weighted by atomic mass is 10.3. The molecule has 2 rings (SSSR count). The van der Waals surface area contributed by atoms with Crippen molar-refractivity contribution in [3.05, 3.63) is 12.1 Å². The van der Waals surface area contributed by atoms with E-state index in [1.54, 1.807) is 6.07 Å². The van der Waals surface area contributed by atoms with Crippen LogP contribution >= 0.6 is 0 Å². The van der Waals surface area contributed by atoms with Gasteiger partial charge in [0.05, 0.1) is 18.6 Å². The van der Waals surface area contributed by atoms with Crippen LogP contribution in [-0.2, 0) is 10.0 Å². The first-order chi connectivity index (χ1) is 9.41. The van der Waals surface area contributed by atoms with Crippen molar-refractivity contribution in [2.24, 2.45) is 0 Å². The van der Waals surface area contributed by atoms with Gasteiger partial charge in [-0.3, -0.25) is 0 Å². The Bertz CT molecular complexity index is 568. The molecule has 0 unspecified atom stereocenters. The standard InChI is InChI=1S/C12H20N4O3S/c1-3-19-12-10(13)4-5-11(14-12)15-6-8-16(9-7-15)20(2,17)18/h4-5H,3,6-9,13H2,1-2H3. The van der Waals surface area contributed by atoms with Crippen LogP contribution in [0.1, 0.15) is 6.92 Å². The summed E-state index contributed by atoms with van der Waals surface area (Å²) in [7, 11) is -3.11. The SMILES string of the molecule is CCOc1nc(N2CCN(S(C)(=O)=O)CC2)ccc1N.